The average Bonchev–Trinajstić information content (AvgIpc) is 2.60. The summed E-state index contributed by atoms with van der Waals surface area (Å²) >= 11 is 2.08. The van der Waals surface area contributed by atoms with Crippen molar-refractivity contribution in [1.29, 1.82) is 0 Å². The number of alkyl halides is 3. The zero-order valence-corrected chi connectivity index (χ0v) is 15.2. The minimum Gasteiger partial charge on any atom is -0.300 e. The highest BCUT2D eigenvalue weighted by Gasteiger charge is 2.42. The molecule has 1 saturated carbocycles. The highest BCUT2D eigenvalue weighted by atomic mass is 32.2. The first-order chi connectivity index (χ1) is 12.0. The van der Waals surface area contributed by atoms with Gasteiger partial charge in [-0.05, 0) is 80.7 Å². The van der Waals surface area contributed by atoms with Crippen LogP contribution in [-0.2, 0) is 6.18 Å². The van der Waals surface area contributed by atoms with Crippen molar-refractivity contribution in [1.82, 2.24) is 9.88 Å². The van der Waals surface area contributed by atoms with Crippen molar-refractivity contribution in [2.45, 2.75) is 56.7 Å². The Hall–Kier alpha value is -0.750. The Morgan fingerprint density at radius 3 is 2.20 bits per heavy atom. The van der Waals surface area contributed by atoms with Crippen molar-refractivity contribution >= 4 is 11.8 Å². The molecule has 0 N–H and O–H groups in total. The Balaban J connectivity index is 1.29. The Morgan fingerprint density at radius 1 is 1.04 bits per heavy atom. The van der Waals surface area contributed by atoms with E-state index >= 15 is 0 Å². The van der Waals surface area contributed by atoms with Gasteiger partial charge in [0.25, 0.3) is 0 Å². The first-order valence-electron chi connectivity index (χ1n) is 9.30. The van der Waals surface area contributed by atoms with E-state index in [1.54, 1.807) is 6.07 Å². The molecule has 1 aromatic rings. The Bertz CT molecular complexity index is 580. The van der Waals surface area contributed by atoms with Crippen LogP contribution in [0.3, 0.4) is 0 Å². The van der Waals surface area contributed by atoms with Crippen LogP contribution in [0.5, 0.6) is 0 Å². The van der Waals surface area contributed by atoms with Gasteiger partial charge in [0, 0.05) is 23.9 Å². The largest absolute Gasteiger partial charge is 0.417 e. The van der Waals surface area contributed by atoms with E-state index in [1.807, 2.05) is 0 Å². The van der Waals surface area contributed by atoms with Crippen molar-refractivity contribution < 1.29 is 13.2 Å². The molecule has 0 aromatic carbocycles. The third-order valence-electron chi connectivity index (χ3n) is 6.42. The van der Waals surface area contributed by atoms with Crippen LogP contribution in [0.15, 0.2) is 18.3 Å². The topological polar surface area (TPSA) is 16.1 Å². The molecule has 25 heavy (non-hydrogen) atoms. The van der Waals surface area contributed by atoms with Gasteiger partial charge < -0.3 is 4.90 Å². The summed E-state index contributed by atoms with van der Waals surface area (Å²) in [6, 6.07) is 3.41. The number of piperidine rings is 1. The molecule has 2 saturated heterocycles. The predicted molar refractivity (Wildman–Crippen MR) is 94.8 cm³/mol. The first-order valence-corrected chi connectivity index (χ1v) is 10.5. The molecular formula is C19H25F3N2S. The van der Waals surface area contributed by atoms with E-state index in [-0.39, 0.29) is 0 Å². The number of likely N-dealkylation sites (tertiary alicyclic amines) is 1. The molecule has 3 aliphatic rings. The highest BCUT2D eigenvalue weighted by molar-refractivity contribution is 8.00. The molecule has 6 heteroatoms. The van der Waals surface area contributed by atoms with Crippen LogP contribution in [0.2, 0.25) is 0 Å². The van der Waals surface area contributed by atoms with E-state index in [9.17, 15) is 13.2 Å². The summed E-state index contributed by atoms with van der Waals surface area (Å²) in [5.74, 6) is 3.03. The minimum atomic E-state index is -4.30. The van der Waals surface area contributed by atoms with Gasteiger partial charge in [0.1, 0.15) is 0 Å². The van der Waals surface area contributed by atoms with E-state index in [2.05, 4.69) is 21.6 Å². The third-order valence-corrected chi connectivity index (χ3v) is 8.05. The molecule has 2 aliphatic heterocycles. The van der Waals surface area contributed by atoms with Gasteiger partial charge in [0.2, 0.25) is 0 Å². The molecule has 0 radical (unpaired) electrons. The Kier molecular flexibility index (Phi) is 4.78. The molecule has 4 rings (SSSR count). The lowest BCUT2D eigenvalue weighted by Gasteiger charge is -2.49. The number of hydrogen-bond donors (Lipinski definition) is 0. The van der Waals surface area contributed by atoms with E-state index in [1.165, 1.54) is 43.5 Å². The molecule has 0 bridgehead atoms. The fourth-order valence-corrected chi connectivity index (χ4v) is 5.95. The summed E-state index contributed by atoms with van der Waals surface area (Å²) < 4.78 is 38.0. The molecule has 1 aliphatic carbocycles. The van der Waals surface area contributed by atoms with E-state index in [0.29, 0.717) is 17.4 Å². The van der Waals surface area contributed by atoms with Gasteiger partial charge in [-0.3, -0.25) is 4.98 Å². The van der Waals surface area contributed by atoms with Crippen molar-refractivity contribution in [2.24, 2.45) is 5.41 Å². The Labute approximate surface area is 151 Å². The van der Waals surface area contributed by atoms with Crippen molar-refractivity contribution in [3.8, 4) is 0 Å². The van der Waals surface area contributed by atoms with Crippen LogP contribution in [0.1, 0.15) is 55.7 Å². The van der Waals surface area contributed by atoms with Crippen LogP contribution >= 0.6 is 11.8 Å². The molecule has 0 atom stereocenters. The van der Waals surface area contributed by atoms with Gasteiger partial charge in [-0.15, -0.1) is 0 Å². The predicted octanol–water partition coefficient (Wildman–Crippen LogP) is 4.96. The molecule has 0 unspecified atom stereocenters. The van der Waals surface area contributed by atoms with Gasteiger partial charge in [0.15, 0.2) is 0 Å². The molecular weight excluding hydrogens is 345 g/mol. The van der Waals surface area contributed by atoms with Crippen LogP contribution in [0, 0.1) is 5.41 Å². The second kappa shape index (κ2) is 6.76. The summed E-state index contributed by atoms with van der Waals surface area (Å²) in [6.45, 7) is 2.46. The van der Waals surface area contributed by atoms with Crippen molar-refractivity contribution in [2.75, 3.05) is 24.6 Å². The third kappa shape index (κ3) is 3.70. The maximum Gasteiger partial charge on any atom is 0.417 e. The minimum absolute atomic E-state index is 0.317. The number of thioether (sulfide) groups is 1. The maximum atomic E-state index is 12.7. The molecule has 2 nitrogen and oxygen atoms in total. The SMILES string of the molecule is FC(F)(F)c1ccc(C2CCC(N3CCC4(CC3)CSC4)CC2)nc1. The fourth-order valence-electron chi connectivity index (χ4n) is 4.59. The number of pyridine rings is 1. The summed E-state index contributed by atoms with van der Waals surface area (Å²) in [5.41, 5.74) is 0.833. The van der Waals surface area contributed by atoms with E-state index in [0.717, 1.165) is 37.6 Å². The molecule has 0 amide bonds. The molecule has 3 heterocycles. The fraction of sp³-hybridized carbons (Fsp3) is 0.737. The number of hydrogen-bond acceptors (Lipinski definition) is 3. The van der Waals surface area contributed by atoms with Crippen molar-refractivity contribution in [3.05, 3.63) is 29.6 Å². The van der Waals surface area contributed by atoms with Crippen LogP contribution in [0.25, 0.3) is 0 Å². The monoisotopic (exact) mass is 370 g/mol. The van der Waals surface area contributed by atoms with Gasteiger partial charge >= 0.3 is 6.18 Å². The van der Waals surface area contributed by atoms with Crippen LogP contribution < -0.4 is 0 Å². The number of rotatable bonds is 2. The molecule has 138 valence electrons. The lowest BCUT2D eigenvalue weighted by atomic mass is 9.78. The number of aromatic nitrogens is 1. The average molecular weight is 370 g/mol. The zero-order chi connectivity index (χ0) is 17.5. The van der Waals surface area contributed by atoms with E-state index in [4.69, 9.17) is 0 Å². The summed E-state index contributed by atoms with van der Waals surface area (Å²) in [5, 5.41) is 0. The Morgan fingerprint density at radius 2 is 1.72 bits per heavy atom. The standard InChI is InChI=1S/C19H25F3N2S/c20-19(21,22)15-3-6-17(23-11-15)14-1-4-16(5-2-14)24-9-7-18(8-10-24)12-25-13-18/h3,6,11,14,16H,1-2,4-5,7-10,12-13H2. The smallest absolute Gasteiger partial charge is 0.300 e. The highest BCUT2D eigenvalue weighted by Crippen LogP contribution is 2.47. The number of halogens is 3. The van der Waals surface area contributed by atoms with E-state index < -0.39 is 11.7 Å². The van der Waals surface area contributed by atoms with Gasteiger partial charge in [-0.1, -0.05) is 0 Å². The lowest BCUT2D eigenvalue weighted by Crippen LogP contribution is -2.50. The molecule has 1 aromatic heterocycles. The van der Waals surface area contributed by atoms with Crippen LogP contribution in [-0.4, -0.2) is 40.5 Å². The maximum absolute atomic E-state index is 12.7. The van der Waals surface area contributed by atoms with Gasteiger partial charge in [-0.2, -0.15) is 24.9 Å². The second-order valence-corrected chi connectivity index (χ2v) is 8.99. The zero-order valence-electron chi connectivity index (χ0n) is 14.4. The second-order valence-electron chi connectivity index (χ2n) is 8.00. The molecule has 1 spiro atoms. The first kappa shape index (κ1) is 17.7. The number of nitrogens with zero attached hydrogens (tertiary/aromatic N) is 2. The molecule has 3 fully saturated rings. The van der Waals surface area contributed by atoms with Gasteiger partial charge in [0.05, 0.1) is 5.56 Å². The lowest BCUT2D eigenvalue weighted by molar-refractivity contribution is -0.137. The van der Waals surface area contributed by atoms with Crippen molar-refractivity contribution in [3.63, 3.8) is 0 Å². The summed E-state index contributed by atoms with van der Waals surface area (Å²) in [7, 11) is 0. The summed E-state index contributed by atoms with van der Waals surface area (Å²) in [6.07, 6.45) is 3.77. The van der Waals surface area contributed by atoms with Gasteiger partial charge in [-0.25, -0.2) is 0 Å². The van der Waals surface area contributed by atoms with Crippen LogP contribution in [0.4, 0.5) is 13.2 Å². The normalized spacial score (nSPS) is 30.2. The quantitative estimate of drug-likeness (QED) is 0.732. The summed E-state index contributed by atoms with van der Waals surface area (Å²) in [4.78, 5) is 6.78.